The standard InChI is InChI=1S/C20H20N2O2S/c1-13-7-10-18(25-13)20(24)21-12-19(23)22-14(2)16-9-8-15-5-3-4-6-17(15)11-16/h3-11,14H,12H2,1-2H3,(H,21,24)(H,22,23). The summed E-state index contributed by atoms with van der Waals surface area (Å²) in [5.74, 6) is -0.422. The van der Waals surface area contributed by atoms with Gasteiger partial charge in [0.15, 0.2) is 0 Å². The van der Waals surface area contributed by atoms with Crippen LogP contribution in [0.5, 0.6) is 0 Å². The van der Waals surface area contributed by atoms with Gasteiger partial charge in [0.05, 0.1) is 17.5 Å². The first-order valence-electron chi connectivity index (χ1n) is 8.15. The molecule has 2 amide bonds. The maximum absolute atomic E-state index is 12.1. The Bertz CT molecular complexity index is 917. The molecule has 4 nitrogen and oxygen atoms in total. The SMILES string of the molecule is Cc1ccc(C(=O)NCC(=O)NC(C)c2ccc3ccccc3c2)s1. The van der Waals surface area contributed by atoms with Crippen molar-refractivity contribution in [2.75, 3.05) is 6.54 Å². The summed E-state index contributed by atoms with van der Waals surface area (Å²) in [4.78, 5) is 25.8. The zero-order valence-corrected chi connectivity index (χ0v) is 15.0. The molecule has 3 rings (SSSR count). The topological polar surface area (TPSA) is 58.2 Å². The number of hydrogen-bond acceptors (Lipinski definition) is 3. The second-order valence-electron chi connectivity index (χ2n) is 5.99. The molecule has 2 N–H and O–H groups in total. The van der Waals surface area contributed by atoms with Crippen molar-refractivity contribution in [2.24, 2.45) is 0 Å². The monoisotopic (exact) mass is 352 g/mol. The molecule has 1 atom stereocenters. The predicted octanol–water partition coefficient (Wildman–Crippen LogP) is 3.82. The molecule has 0 aliphatic carbocycles. The van der Waals surface area contributed by atoms with Gasteiger partial charge in [0.25, 0.3) is 5.91 Å². The molecule has 128 valence electrons. The fourth-order valence-corrected chi connectivity index (χ4v) is 3.44. The molecule has 0 bridgehead atoms. The van der Waals surface area contributed by atoms with Crippen molar-refractivity contribution in [3.8, 4) is 0 Å². The molecule has 0 aliphatic rings. The molecule has 1 aromatic heterocycles. The van der Waals surface area contributed by atoms with Gasteiger partial charge >= 0.3 is 0 Å². The summed E-state index contributed by atoms with van der Waals surface area (Å²) in [5, 5.41) is 7.89. The molecule has 0 aliphatic heterocycles. The summed E-state index contributed by atoms with van der Waals surface area (Å²) in [6.45, 7) is 3.85. The molecule has 5 heteroatoms. The van der Waals surface area contributed by atoms with E-state index in [1.165, 1.54) is 16.7 Å². The van der Waals surface area contributed by atoms with Crippen LogP contribution in [0.2, 0.25) is 0 Å². The third-order valence-corrected chi connectivity index (χ3v) is 5.02. The molecular weight excluding hydrogens is 332 g/mol. The maximum Gasteiger partial charge on any atom is 0.261 e. The van der Waals surface area contributed by atoms with Gasteiger partial charge in [-0.15, -0.1) is 11.3 Å². The van der Waals surface area contributed by atoms with Crippen molar-refractivity contribution < 1.29 is 9.59 Å². The van der Waals surface area contributed by atoms with E-state index in [-0.39, 0.29) is 24.4 Å². The van der Waals surface area contributed by atoms with Crippen LogP contribution < -0.4 is 10.6 Å². The lowest BCUT2D eigenvalue weighted by molar-refractivity contribution is -0.120. The van der Waals surface area contributed by atoms with Crippen molar-refractivity contribution >= 4 is 33.9 Å². The van der Waals surface area contributed by atoms with Crippen molar-refractivity contribution in [2.45, 2.75) is 19.9 Å². The van der Waals surface area contributed by atoms with Gasteiger partial charge in [-0.05, 0) is 48.4 Å². The summed E-state index contributed by atoms with van der Waals surface area (Å²) in [6.07, 6.45) is 0. The second kappa shape index (κ2) is 7.49. The van der Waals surface area contributed by atoms with Crippen molar-refractivity contribution in [3.63, 3.8) is 0 Å². The van der Waals surface area contributed by atoms with E-state index in [0.29, 0.717) is 4.88 Å². The van der Waals surface area contributed by atoms with Gasteiger partial charge in [-0.1, -0.05) is 36.4 Å². The highest BCUT2D eigenvalue weighted by Crippen LogP contribution is 2.20. The van der Waals surface area contributed by atoms with Crippen molar-refractivity contribution in [1.82, 2.24) is 10.6 Å². The lowest BCUT2D eigenvalue weighted by Gasteiger charge is -2.15. The number of aryl methyl sites for hydroxylation is 1. The van der Waals surface area contributed by atoms with E-state index in [0.717, 1.165) is 15.8 Å². The number of hydrogen-bond donors (Lipinski definition) is 2. The lowest BCUT2D eigenvalue weighted by Crippen LogP contribution is -2.37. The number of benzene rings is 2. The molecule has 1 heterocycles. The molecule has 3 aromatic rings. The van der Waals surface area contributed by atoms with Crippen LogP contribution in [0.1, 0.15) is 33.1 Å². The largest absolute Gasteiger partial charge is 0.348 e. The highest BCUT2D eigenvalue weighted by Gasteiger charge is 2.13. The predicted molar refractivity (Wildman–Crippen MR) is 102 cm³/mol. The van der Waals surface area contributed by atoms with E-state index in [1.54, 1.807) is 6.07 Å². The number of carbonyl (C=O) groups is 2. The number of amides is 2. The number of nitrogens with one attached hydrogen (secondary N) is 2. The third-order valence-electron chi connectivity index (χ3n) is 4.02. The van der Waals surface area contributed by atoms with Gasteiger partial charge in [-0.25, -0.2) is 0 Å². The second-order valence-corrected chi connectivity index (χ2v) is 7.28. The van der Waals surface area contributed by atoms with E-state index in [1.807, 2.05) is 44.2 Å². The molecule has 0 saturated carbocycles. The molecular formula is C20H20N2O2S. The molecule has 0 radical (unpaired) electrons. The summed E-state index contributed by atoms with van der Waals surface area (Å²) in [6, 6.07) is 17.8. The molecule has 2 aromatic carbocycles. The number of rotatable bonds is 5. The normalized spacial score (nSPS) is 11.9. The zero-order chi connectivity index (χ0) is 17.8. The van der Waals surface area contributed by atoms with Gasteiger partial charge in [0.1, 0.15) is 0 Å². The zero-order valence-electron chi connectivity index (χ0n) is 14.2. The summed E-state index contributed by atoms with van der Waals surface area (Å²) in [5.41, 5.74) is 1.03. The molecule has 0 spiro atoms. The average Bonchev–Trinajstić information content (AvgIpc) is 3.05. The Morgan fingerprint density at radius 2 is 1.80 bits per heavy atom. The fraction of sp³-hybridized carbons (Fsp3) is 0.200. The number of carbonyl (C=O) groups excluding carboxylic acids is 2. The lowest BCUT2D eigenvalue weighted by atomic mass is 10.0. The van der Waals surface area contributed by atoms with E-state index < -0.39 is 0 Å². The first-order valence-corrected chi connectivity index (χ1v) is 8.97. The van der Waals surface area contributed by atoms with Crippen LogP contribution in [0.25, 0.3) is 10.8 Å². The van der Waals surface area contributed by atoms with Crippen LogP contribution in [0.15, 0.2) is 54.6 Å². The van der Waals surface area contributed by atoms with E-state index in [2.05, 4.69) is 28.8 Å². The Kier molecular flexibility index (Phi) is 5.14. The van der Waals surface area contributed by atoms with Gasteiger partial charge < -0.3 is 10.6 Å². The minimum absolute atomic E-state index is 0.0340. The average molecular weight is 352 g/mol. The van der Waals surface area contributed by atoms with Crippen molar-refractivity contribution in [1.29, 1.82) is 0 Å². The van der Waals surface area contributed by atoms with E-state index in [4.69, 9.17) is 0 Å². The van der Waals surface area contributed by atoms with Crippen LogP contribution in [0.3, 0.4) is 0 Å². The summed E-state index contributed by atoms with van der Waals surface area (Å²) < 4.78 is 0. The Labute approximate surface area is 150 Å². The van der Waals surface area contributed by atoms with E-state index in [9.17, 15) is 9.59 Å². The van der Waals surface area contributed by atoms with Crippen LogP contribution in [0.4, 0.5) is 0 Å². The molecule has 0 saturated heterocycles. The van der Waals surface area contributed by atoms with Crippen LogP contribution >= 0.6 is 11.3 Å². The highest BCUT2D eigenvalue weighted by atomic mass is 32.1. The van der Waals surface area contributed by atoms with Crippen LogP contribution in [-0.2, 0) is 4.79 Å². The summed E-state index contributed by atoms with van der Waals surface area (Å²) >= 11 is 1.42. The fourth-order valence-electron chi connectivity index (χ4n) is 2.66. The van der Waals surface area contributed by atoms with Gasteiger partial charge in [0, 0.05) is 4.88 Å². The number of thiophene rings is 1. The quantitative estimate of drug-likeness (QED) is 0.733. The Balaban J connectivity index is 1.57. The molecule has 0 fully saturated rings. The smallest absolute Gasteiger partial charge is 0.261 e. The Hall–Kier alpha value is -2.66. The minimum Gasteiger partial charge on any atom is -0.348 e. The van der Waals surface area contributed by atoms with Gasteiger partial charge in [-0.3, -0.25) is 9.59 Å². The Morgan fingerprint density at radius 3 is 2.52 bits per heavy atom. The summed E-state index contributed by atoms with van der Waals surface area (Å²) in [7, 11) is 0. The van der Waals surface area contributed by atoms with Crippen molar-refractivity contribution in [3.05, 3.63) is 69.9 Å². The number of fused-ring (bicyclic) bond motifs is 1. The molecule has 25 heavy (non-hydrogen) atoms. The first-order chi connectivity index (χ1) is 12.0. The van der Waals surface area contributed by atoms with Gasteiger partial charge in [0.2, 0.25) is 5.91 Å². The van der Waals surface area contributed by atoms with E-state index >= 15 is 0 Å². The van der Waals surface area contributed by atoms with Crippen LogP contribution in [0, 0.1) is 6.92 Å². The third kappa shape index (κ3) is 4.25. The minimum atomic E-state index is -0.216. The van der Waals surface area contributed by atoms with Crippen LogP contribution in [-0.4, -0.2) is 18.4 Å². The highest BCUT2D eigenvalue weighted by molar-refractivity contribution is 7.13. The Morgan fingerprint density at radius 1 is 1.04 bits per heavy atom. The first kappa shape index (κ1) is 17.2. The molecule has 1 unspecified atom stereocenters. The maximum atomic E-state index is 12.1. The van der Waals surface area contributed by atoms with Gasteiger partial charge in [-0.2, -0.15) is 0 Å².